The molecular weight excluding hydrogens is 246 g/mol. The van der Waals surface area contributed by atoms with Crippen molar-refractivity contribution in [3.8, 4) is 5.75 Å². The Kier molecular flexibility index (Phi) is 3.64. The molecule has 1 atom stereocenters. The maximum absolute atomic E-state index is 9.84. The van der Waals surface area contributed by atoms with E-state index in [4.69, 9.17) is 0 Å². The molecule has 0 saturated heterocycles. The van der Waals surface area contributed by atoms with E-state index in [1.54, 1.807) is 0 Å². The van der Waals surface area contributed by atoms with E-state index >= 15 is 0 Å². The largest absolute Gasteiger partial charge is 0.508 e. The summed E-state index contributed by atoms with van der Waals surface area (Å²) >= 11 is 0. The highest BCUT2D eigenvalue weighted by molar-refractivity contribution is 5.53. The number of rotatable bonds is 2. The predicted molar refractivity (Wildman–Crippen MR) is 83.2 cm³/mol. The molecule has 0 spiro atoms. The number of hydrogen-bond acceptors (Lipinski definition) is 2. The van der Waals surface area contributed by atoms with E-state index in [9.17, 15) is 5.11 Å². The van der Waals surface area contributed by atoms with Crippen LogP contribution in [0.5, 0.6) is 5.75 Å². The van der Waals surface area contributed by atoms with Gasteiger partial charge in [0.2, 0.25) is 0 Å². The van der Waals surface area contributed by atoms with Crippen LogP contribution in [0.1, 0.15) is 42.0 Å². The molecule has 20 heavy (non-hydrogen) atoms. The molecule has 0 bridgehead atoms. The van der Waals surface area contributed by atoms with Crippen molar-refractivity contribution >= 4 is 5.69 Å². The van der Waals surface area contributed by atoms with E-state index in [1.807, 2.05) is 25.1 Å². The van der Waals surface area contributed by atoms with E-state index < -0.39 is 0 Å². The van der Waals surface area contributed by atoms with Crippen molar-refractivity contribution in [2.45, 2.75) is 38.6 Å². The monoisotopic (exact) mass is 267 g/mol. The second-order valence-electron chi connectivity index (χ2n) is 5.64. The van der Waals surface area contributed by atoms with Gasteiger partial charge in [-0.1, -0.05) is 36.8 Å². The number of nitrogens with one attached hydrogen (secondary N) is 1. The molecule has 0 radical (unpaired) electrons. The summed E-state index contributed by atoms with van der Waals surface area (Å²) in [6, 6.07) is 14.9. The quantitative estimate of drug-likeness (QED) is 0.781. The minimum Gasteiger partial charge on any atom is -0.508 e. The maximum atomic E-state index is 9.84. The van der Waals surface area contributed by atoms with Gasteiger partial charge in [-0.15, -0.1) is 0 Å². The third-order valence-corrected chi connectivity index (χ3v) is 4.17. The number of anilines is 1. The Morgan fingerprint density at radius 2 is 1.95 bits per heavy atom. The van der Waals surface area contributed by atoms with Gasteiger partial charge >= 0.3 is 0 Å². The summed E-state index contributed by atoms with van der Waals surface area (Å²) in [5.41, 5.74) is 4.77. The van der Waals surface area contributed by atoms with Crippen LogP contribution in [-0.4, -0.2) is 5.11 Å². The van der Waals surface area contributed by atoms with E-state index in [2.05, 4.69) is 29.6 Å². The van der Waals surface area contributed by atoms with Crippen LogP contribution in [0.3, 0.4) is 0 Å². The van der Waals surface area contributed by atoms with Gasteiger partial charge in [-0.3, -0.25) is 0 Å². The fourth-order valence-corrected chi connectivity index (χ4v) is 2.97. The number of hydrogen-bond donors (Lipinski definition) is 2. The van der Waals surface area contributed by atoms with E-state index in [-0.39, 0.29) is 0 Å². The van der Waals surface area contributed by atoms with E-state index in [0.29, 0.717) is 11.8 Å². The number of aromatic hydroxyl groups is 1. The van der Waals surface area contributed by atoms with Gasteiger partial charge in [0.1, 0.15) is 5.75 Å². The standard InChI is InChI=1S/C18H21NO/c1-13-10-11-15(12-18(13)20)19-17-9-5-3-7-14-6-2-4-8-16(14)17/h2,4,6,8,10-12,17,19-20H,3,5,7,9H2,1H3. The van der Waals surface area contributed by atoms with Crippen molar-refractivity contribution < 1.29 is 5.11 Å². The first-order chi connectivity index (χ1) is 9.74. The van der Waals surface area contributed by atoms with Crippen molar-refractivity contribution in [3.05, 3.63) is 59.2 Å². The summed E-state index contributed by atoms with van der Waals surface area (Å²) in [4.78, 5) is 0. The molecule has 1 aliphatic rings. The van der Waals surface area contributed by atoms with Gasteiger partial charge in [-0.2, -0.15) is 0 Å². The van der Waals surface area contributed by atoms with Crippen LogP contribution in [0.15, 0.2) is 42.5 Å². The van der Waals surface area contributed by atoms with Crippen molar-refractivity contribution in [1.29, 1.82) is 0 Å². The second kappa shape index (κ2) is 5.58. The molecule has 2 N–H and O–H groups in total. The van der Waals surface area contributed by atoms with Gasteiger partial charge in [0.25, 0.3) is 0 Å². The second-order valence-corrected chi connectivity index (χ2v) is 5.64. The first kappa shape index (κ1) is 13.0. The Morgan fingerprint density at radius 1 is 1.10 bits per heavy atom. The van der Waals surface area contributed by atoms with Crippen molar-refractivity contribution in [1.82, 2.24) is 0 Å². The van der Waals surface area contributed by atoms with Crippen molar-refractivity contribution in [2.24, 2.45) is 0 Å². The smallest absolute Gasteiger partial charge is 0.120 e. The Labute approximate surface area is 120 Å². The number of phenolic OH excluding ortho intramolecular Hbond substituents is 1. The SMILES string of the molecule is Cc1ccc(NC2CCCCc3ccccc32)cc1O. The van der Waals surface area contributed by atoms with Crippen LogP contribution in [0, 0.1) is 6.92 Å². The molecule has 2 aromatic rings. The summed E-state index contributed by atoms with van der Waals surface area (Å²) in [7, 11) is 0. The molecule has 0 fully saturated rings. The molecule has 0 heterocycles. The van der Waals surface area contributed by atoms with Crippen LogP contribution in [0.25, 0.3) is 0 Å². The van der Waals surface area contributed by atoms with Crippen molar-refractivity contribution in [3.63, 3.8) is 0 Å². The topological polar surface area (TPSA) is 32.3 Å². The Hall–Kier alpha value is -1.96. The molecule has 0 aliphatic heterocycles. The van der Waals surface area contributed by atoms with E-state index in [1.165, 1.54) is 30.4 Å². The molecule has 1 unspecified atom stereocenters. The van der Waals surface area contributed by atoms with E-state index in [0.717, 1.165) is 17.7 Å². The minimum atomic E-state index is 0.343. The first-order valence-corrected chi connectivity index (χ1v) is 7.38. The molecule has 104 valence electrons. The van der Waals surface area contributed by atoms with Gasteiger partial charge in [0, 0.05) is 11.8 Å². The van der Waals surface area contributed by atoms with Crippen LogP contribution in [0.2, 0.25) is 0 Å². The molecule has 2 heteroatoms. The minimum absolute atomic E-state index is 0.343. The maximum Gasteiger partial charge on any atom is 0.120 e. The Morgan fingerprint density at radius 3 is 2.80 bits per heavy atom. The Bertz CT molecular complexity index is 606. The molecule has 0 saturated carbocycles. The summed E-state index contributed by atoms with van der Waals surface area (Å²) in [5.74, 6) is 0.358. The Balaban J connectivity index is 1.88. The lowest BCUT2D eigenvalue weighted by Gasteiger charge is -2.21. The highest BCUT2D eigenvalue weighted by Gasteiger charge is 2.18. The fourth-order valence-electron chi connectivity index (χ4n) is 2.97. The summed E-state index contributed by atoms with van der Waals surface area (Å²) in [6.45, 7) is 1.92. The lowest BCUT2D eigenvalue weighted by Crippen LogP contribution is -2.11. The molecule has 1 aliphatic carbocycles. The summed E-state index contributed by atoms with van der Waals surface area (Å²) < 4.78 is 0. The molecule has 2 nitrogen and oxygen atoms in total. The van der Waals surface area contributed by atoms with Crippen LogP contribution >= 0.6 is 0 Å². The molecular formula is C18H21NO. The first-order valence-electron chi connectivity index (χ1n) is 7.38. The van der Waals surface area contributed by atoms with Crippen molar-refractivity contribution in [2.75, 3.05) is 5.32 Å². The van der Waals surface area contributed by atoms with Gasteiger partial charge in [-0.05, 0) is 48.9 Å². The zero-order valence-corrected chi connectivity index (χ0v) is 11.9. The highest BCUT2D eigenvalue weighted by atomic mass is 16.3. The van der Waals surface area contributed by atoms with Gasteiger partial charge in [0.05, 0.1) is 6.04 Å². The molecule has 0 aromatic heterocycles. The van der Waals surface area contributed by atoms with Crippen LogP contribution in [-0.2, 0) is 6.42 Å². The highest BCUT2D eigenvalue weighted by Crippen LogP contribution is 2.32. The third-order valence-electron chi connectivity index (χ3n) is 4.17. The molecule has 2 aromatic carbocycles. The number of benzene rings is 2. The number of aryl methyl sites for hydroxylation is 2. The number of fused-ring (bicyclic) bond motifs is 1. The summed E-state index contributed by atoms with van der Waals surface area (Å²) in [6.07, 6.45) is 4.82. The predicted octanol–water partition coefficient (Wildman–Crippen LogP) is 4.58. The lowest BCUT2D eigenvalue weighted by molar-refractivity contribution is 0.471. The normalized spacial score (nSPS) is 18.1. The summed E-state index contributed by atoms with van der Waals surface area (Å²) in [5, 5.41) is 13.4. The molecule has 0 amide bonds. The number of phenols is 1. The van der Waals surface area contributed by atoms with Gasteiger partial charge in [-0.25, -0.2) is 0 Å². The molecule has 3 rings (SSSR count). The average molecular weight is 267 g/mol. The average Bonchev–Trinajstić information content (AvgIpc) is 2.66. The van der Waals surface area contributed by atoms with Gasteiger partial charge in [0.15, 0.2) is 0 Å². The van der Waals surface area contributed by atoms with Crippen LogP contribution in [0.4, 0.5) is 5.69 Å². The lowest BCUT2D eigenvalue weighted by atomic mass is 9.99. The zero-order valence-electron chi connectivity index (χ0n) is 11.9. The third kappa shape index (κ3) is 2.64. The van der Waals surface area contributed by atoms with Gasteiger partial charge < -0.3 is 10.4 Å². The fraction of sp³-hybridized carbons (Fsp3) is 0.333. The van der Waals surface area contributed by atoms with Crippen LogP contribution < -0.4 is 5.32 Å². The zero-order chi connectivity index (χ0) is 13.9.